The van der Waals surface area contributed by atoms with E-state index in [4.69, 9.17) is 0 Å². The number of piperidine rings is 1. The molecule has 1 amide bonds. The molecule has 2 aliphatic rings. The Morgan fingerprint density at radius 3 is 2.52 bits per heavy atom. The van der Waals surface area contributed by atoms with Gasteiger partial charge in [-0.05, 0) is 56.2 Å². The predicted molar refractivity (Wildman–Crippen MR) is 97.8 cm³/mol. The molecule has 2 heterocycles. The van der Waals surface area contributed by atoms with Crippen molar-refractivity contribution in [1.29, 1.82) is 0 Å². The number of benzene rings is 1. The Morgan fingerprint density at radius 1 is 1.12 bits per heavy atom. The molecule has 0 saturated carbocycles. The highest BCUT2D eigenvalue weighted by atomic mass is 32.2. The lowest BCUT2D eigenvalue weighted by atomic mass is 9.88. The van der Waals surface area contributed by atoms with Gasteiger partial charge in [-0.2, -0.15) is 4.31 Å². The van der Waals surface area contributed by atoms with Gasteiger partial charge in [-0.3, -0.25) is 4.79 Å². The van der Waals surface area contributed by atoms with Crippen LogP contribution in [-0.2, 0) is 21.2 Å². The van der Waals surface area contributed by atoms with Crippen LogP contribution >= 0.6 is 0 Å². The zero-order chi connectivity index (χ0) is 17.9. The van der Waals surface area contributed by atoms with Crippen LogP contribution in [0.1, 0.15) is 57.4 Å². The van der Waals surface area contributed by atoms with Crippen molar-refractivity contribution in [3.8, 4) is 0 Å². The number of unbranched alkanes of at least 4 members (excludes halogenated alkanes) is 2. The first-order valence-corrected chi connectivity index (χ1v) is 10.8. The highest BCUT2D eigenvalue weighted by Crippen LogP contribution is 2.39. The van der Waals surface area contributed by atoms with Crippen LogP contribution in [0.3, 0.4) is 0 Å². The molecule has 1 N–H and O–H groups in total. The molecule has 1 unspecified atom stereocenters. The average Bonchev–Trinajstić information content (AvgIpc) is 3.04. The molecule has 3 rings (SSSR count). The summed E-state index contributed by atoms with van der Waals surface area (Å²) in [6.07, 6.45) is 7.26. The highest BCUT2D eigenvalue weighted by Gasteiger charge is 2.53. The molecule has 2 saturated heterocycles. The second-order valence-electron chi connectivity index (χ2n) is 7.17. The fourth-order valence-corrected chi connectivity index (χ4v) is 5.91. The van der Waals surface area contributed by atoms with Crippen molar-refractivity contribution in [2.45, 2.75) is 68.7 Å². The van der Waals surface area contributed by atoms with Gasteiger partial charge in [-0.1, -0.05) is 31.9 Å². The van der Waals surface area contributed by atoms with Crippen molar-refractivity contribution < 1.29 is 13.2 Å². The molecule has 0 radical (unpaired) electrons. The van der Waals surface area contributed by atoms with E-state index in [1.807, 2.05) is 12.1 Å². The second-order valence-corrected chi connectivity index (χ2v) is 9.04. The summed E-state index contributed by atoms with van der Waals surface area (Å²) in [5.41, 5.74) is 0.288. The Balaban J connectivity index is 1.82. The lowest BCUT2D eigenvalue weighted by Crippen LogP contribution is -2.60. The number of amides is 1. The molecule has 1 atom stereocenters. The molecule has 0 aliphatic carbocycles. The normalized spacial score (nSPS) is 24.6. The molecular weight excluding hydrogens is 336 g/mol. The molecule has 2 aliphatic heterocycles. The van der Waals surface area contributed by atoms with Gasteiger partial charge in [0.15, 0.2) is 0 Å². The Morgan fingerprint density at radius 2 is 1.84 bits per heavy atom. The number of nitrogens with zero attached hydrogens (tertiary/aromatic N) is 1. The summed E-state index contributed by atoms with van der Waals surface area (Å²) >= 11 is 0. The van der Waals surface area contributed by atoms with E-state index in [0.29, 0.717) is 30.8 Å². The Kier molecular flexibility index (Phi) is 5.49. The largest absolute Gasteiger partial charge is 0.354 e. The average molecular weight is 365 g/mol. The summed E-state index contributed by atoms with van der Waals surface area (Å²) in [5, 5.41) is 2.86. The standard InChI is InChI=1S/C19H28N2O3S/c1-2-3-4-7-16-8-10-17(11-9-16)25(23,24)21-15-6-13-19(21)12-5-14-20-18(19)22/h8-11H,2-7,12-15H2,1H3,(H,20,22). The lowest BCUT2D eigenvalue weighted by Gasteiger charge is -2.39. The van der Waals surface area contributed by atoms with Crippen molar-refractivity contribution in [1.82, 2.24) is 9.62 Å². The number of aryl methyl sites for hydroxylation is 1. The summed E-state index contributed by atoms with van der Waals surface area (Å²) < 4.78 is 27.8. The zero-order valence-electron chi connectivity index (χ0n) is 15.0. The highest BCUT2D eigenvalue weighted by molar-refractivity contribution is 7.89. The number of carbonyl (C=O) groups is 1. The van der Waals surface area contributed by atoms with E-state index in [9.17, 15) is 13.2 Å². The van der Waals surface area contributed by atoms with Gasteiger partial charge in [0.05, 0.1) is 4.90 Å². The molecule has 25 heavy (non-hydrogen) atoms. The van der Waals surface area contributed by atoms with E-state index >= 15 is 0 Å². The summed E-state index contributed by atoms with van der Waals surface area (Å²) in [5.74, 6) is -0.129. The van der Waals surface area contributed by atoms with Gasteiger partial charge in [-0.15, -0.1) is 0 Å². The number of sulfonamides is 1. The van der Waals surface area contributed by atoms with Crippen LogP contribution in [0, 0.1) is 0 Å². The molecule has 6 heteroatoms. The van der Waals surface area contributed by atoms with Gasteiger partial charge in [0, 0.05) is 13.1 Å². The molecule has 0 aromatic heterocycles. The van der Waals surface area contributed by atoms with E-state index in [1.54, 1.807) is 12.1 Å². The lowest BCUT2D eigenvalue weighted by molar-refractivity contribution is -0.131. The molecule has 2 fully saturated rings. The minimum Gasteiger partial charge on any atom is -0.354 e. The number of carbonyl (C=O) groups excluding carboxylic acids is 1. The van der Waals surface area contributed by atoms with E-state index in [0.717, 1.165) is 25.7 Å². The third-order valence-corrected chi connectivity index (χ3v) is 7.46. The number of hydrogen-bond acceptors (Lipinski definition) is 3. The van der Waals surface area contributed by atoms with Gasteiger partial charge in [0.25, 0.3) is 0 Å². The quantitative estimate of drug-likeness (QED) is 0.789. The monoisotopic (exact) mass is 364 g/mol. The number of rotatable bonds is 6. The van der Waals surface area contributed by atoms with E-state index < -0.39 is 15.6 Å². The van der Waals surface area contributed by atoms with Crippen LogP contribution in [0.4, 0.5) is 0 Å². The van der Waals surface area contributed by atoms with Gasteiger partial charge >= 0.3 is 0 Å². The van der Waals surface area contributed by atoms with Crippen molar-refractivity contribution in [3.05, 3.63) is 29.8 Å². The molecule has 138 valence electrons. The van der Waals surface area contributed by atoms with Crippen LogP contribution in [0.2, 0.25) is 0 Å². The van der Waals surface area contributed by atoms with Crippen molar-refractivity contribution >= 4 is 15.9 Å². The first kappa shape index (κ1) is 18.4. The molecular formula is C19H28N2O3S. The van der Waals surface area contributed by atoms with Crippen molar-refractivity contribution in [2.75, 3.05) is 13.1 Å². The Labute approximate surface area is 150 Å². The zero-order valence-corrected chi connectivity index (χ0v) is 15.8. The van der Waals surface area contributed by atoms with Crippen molar-refractivity contribution in [3.63, 3.8) is 0 Å². The molecule has 1 aromatic rings. The maximum atomic E-state index is 13.2. The van der Waals surface area contributed by atoms with E-state index in [2.05, 4.69) is 12.2 Å². The fourth-order valence-electron chi connectivity index (χ4n) is 4.08. The third kappa shape index (κ3) is 3.47. The minimum atomic E-state index is -3.65. The van der Waals surface area contributed by atoms with Crippen LogP contribution in [-0.4, -0.2) is 37.3 Å². The molecule has 5 nitrogen and oxygen atoms in total. The summed E-state index contributed by atoms with van der Waals surface area (Å²) in [6, 6.07) is 7.21. The summed E-state index contributed by atoms with van der Waals surface area (Å²) in [6.45, 7) is 3.23. The van der Waals surface area contributed by atoms with E-state index in [1.165, 1.54) is 22.7 Å². The van der Waals surface area contributed by atoms with E-state index in [-0.39, 0.29) is 5.91 Å². The fraction of sp³-hybridized carbons (Fsp3) is 0.632. The van der Waals surface area contributed by atoms with Gasteiger partial charge in [0.2, 0.25) is 15.9 Å². The van der Waals surface area contributed by atoms with Gasteiger partial charge < -0.3 is 5.32 Å². The number of hydrogen-bond donors (Lipinski definition) is 1. The third-order valence-electron chi connectivity index (χ3n) is 5.48. The first-order valence-electron chi connectivity index (χ1n) is 9.41. The molecule has 1 aromatic carbocycles. The molecule has 1 spiro atoms. The van der Waals surface area contributed by atoms with Gasteiger partial charge in [0.1, 0.15) is 5.54 Å². The smallest absolute Gasteiger partial charge is 0.244 e. The summed E-state index contributed by atoms with van der Waals surface area (Å²) in [4.78, 5) is 12.8. The Hall–Kier alpha value is -1.40. The SMILES string of the molecule is CCCCCc1ccc(S(=O)(=O)N2CCCC23CCCNC3=O)cc1. The maximum Gasteiger partial charge on any atom is 0.244 e. The van der Waals surface area contributed by atoms with Crippen LogP contribution < -0.4 is 5.32 Å². The topological polar surface area (TPSA) is 66.5 Å². The van der Waals surface area contributed by atoms with Crippen LogP contribution in [0.5, 0.6) is 0 Å². The number of nitrogens with one attached hydrogen (secondary N) is 1. The Bertz CT molecular complexity index is 715. The maximum absolute atomic E-state index is 13.2. The summed E-state index contributed by atoms with van der Waals surface area (Å²) in [7, 11) is -3.65. The minimum absolute atomic E-state index is 0.129. The van der Waals surface area contributed by atoms with Gasteiger partial charge in [-0.25, -0.2) is 8.42 Å². The van der Waals surface area contributed by atoms with Crippen LogP contribution in [0.15, 0.2) is 29.2 Å². The van der Waals surface area contributed by atoms with Crippen molar-refractivity contribution in [2.24, 2.45) is 0 Å². The predicted octanol–water partition coefficient (Wildman–Crippen LogP) is 2.85. The van der Waals surface area contributed by atoms with Crippen LogP contribution in [0.25, 0.3) is 0 Å². The second kappa shape index (κ2) is 7.46. The first-order chi connectivity index (χ1) is 12.0. The molecule has 0 bridgehead atoms.